The van der Waals surface area contributed by atoms with E-state index in [-0.39, 0.29) is 12.0 Å². The highest BCUT2D eigenvalue weighted by Crippen LogP contribution is 2.38. The van der Waals surface area contributed by atoms with Gasteiger partial charge >= 0.3 is 5.97 Å². The number of hydrogen-bond donors (Lipinski definition) is 1. The van der Waals surface area contributed by atoms with E-state index in [0.717, 1.165) is 25.8 Å². The molecule has 3 unspecified atom stereocenters. The van der Waals surface area contributed by atoms with E-state index in [1.54, 1.807) is 7.11 Å². The largest absolute Gasteiger partial charge is 0.481 e. The van der Waals surface area contributed by atoms with Crippen LogP contribution >= 0.6 is 0 Å². The minimum atomic E-state index is -0.671. The summed E-state index contributed by atoms with van der Waals surface area (Å²) in [5.41, 5.74) is 1.33. The quantitative estimate of drug-likeness (QED) is 0.875. The third-order valence-electron chi connectivity index (χ3n) is 4.62. The predicted molar refractivity (Wildman–Crippen MR) is 82.5 cm³/mol. The Bertz CT molecular complexity index is 449. The van der Waals surface area contributed by atoms with Crippen molar-refractivity contribution in [2.45, 2.75) is 31.2 Å². The molecule has 4 heteroatoms. The van der Waals surface area contributed by atoms with E-state index in [4.69, 9.17) is 4.74 Å². The van der Waals surface area contributed by atoms with Crippen LogP contribution in [0.15, 0.2) is 30.3 Å². The number of carboxylic acid groups (broad SMARTS) is 1. The highest BCUT2D eigenvalue weighted by atomic mass is 16.5. The second kappa shape index (κ2) is 7.57. The van der Waals surface area contributed by atoms with Crippen molar-refractivity contribution in [1.29, 1.82) is 0 Å². The van der Waals surface area contributed by atoms with Gasteiger partial charge in [0.2, 0.25) is 0 Å². The molecule has 1 aliphatic rings. The van der Waals surface area contributed by atoms with Crippen molar-refractivity contribution in [2.75, 3.05) is 27.3 Å². The highest BCUT2D eigenvalue weighted by Gasteiger charge is 2.37. The molecule has 0 saturated heterocycles. The van der Waals surface area contributed by atoms with E-state index < -0.39 is 5.97 Å². The molecule has 0 bridgehead atoms. The first-order valence-corrected chi connectivity index (χ1v) is 7.60. The van der Waals surface area contributed by atoms with Crippen LogP contribution in [-0.2, 0) is 9.53 Å². The number of aliphatic carboxylic acids is 1. The second-order valence-electron chi connectivity index (χ2n) is 5.91. The van der Waals surface area contributed by atoms with Gasteiger partial charge in [-0.2, -0.15) is 0 Å². The molecule has 3 atom stereocenters. The Hall–Kier alpha value is -1.39. The summed E-state index contributed by atoms with van der Waals surface area (Å²) < 4.78 is 5.12. The van der Waals surface area contributed by atoms with E-state index in [2.05, 4.69) is 29.2 Å². The normalized spacial score (nSPS) is 26.0. The summed E-state index contributed by atoms with van der Waals surface area (Å²) in [4.78, 5) is 13.7. The number of ether oxygens (including phenoxy) is 1. The van der Waals surface area contributed by atoms with Crippen LogP contribution in [0.4, 0.5) is 0 Å². The van der Waals surface area contributed by atoms with E-state index in [1.807, 2.05) is 13.1 Å². The Labute approximate surface area is 126 Å². The third-order valence-corrected chi connectivity index (χ3v) is 4.62. The lowest BCUT2D eigenvalue weighted by Gasteiger charge is -2.39. The maximum absolute atomic E-state index is 11.5. The minimum Gasteiger partial charge on any atom is -0.481 e. The van der Waals surface area contributed by atoms with Crippen molar-refractivity contribution in [2.24, 2.45) is 5.92 Å². The number of likely N-dealkylation sites (N-methyl/N-ethyl adjacent to an activating group) is 1. The Balaban J connectivity index is 2.10. The highest BCUT2D eigenvalue weighted by molar-refractivity contribution is 5.71. The average Bonchev–Trinajstić information content (AvgIpc) is 2.52. The van der Waals surface area contributed by atoms with Crippen molar-refractivity contribution in [3.8, 4) is 0 Å². The topological polar surface area (TPSA) is 49.8 Å². The first-order valence-electron chi connectivity index (χ1n) is 7.60. The van der Waals surface area contributed by atoms with Gasteiger partial charge in [0.15, 0.2) is 0 Å². The number of nitrogens with zero attached hydrogens (tertiary/aromatic N) is 1. The average molecular weight is 291 g/mol. The van der Waals surface area contributed by atoms with Gasteiger partial charge in [0.05, 0.1) is 12.5 Å². The molecule has 1 fully saturated rings. The molecule has 21 heavy (non-hydrogen) atoms. The van der Waals surface area contributed by atoms with Crippen molar-refractivity contribution >= 4 is 5.97 Å². The fourth-order valence-corrected chi connectivity index (χ4v) is 3.35. The van der Waals surface area contributed by atoms with E-state index in [1.165, 1.54) is 5.56 Å². The molecule has 0 radical (unpaired) electrons. The summed E-state index contributed by atoms with van der Waals surface area (Å²) in [6, 6.07) is 10.5. The fourth-order valence-electron chi connectivity index (χ4n) is 3.35. The number of hydrogen-bond acceptors (Lipinski definition) is 3. The van der Waals surface area contributed by atoms with Gasteiger partial charge in [-0.25, -0.2) is 0 Å². The first-order chi connectivity index (χ1) is 10.1. The predicted octanol–water partition coefficient (Wildman–Crippen LogP) is 2.60. The van der Waals surface area contributed by atoms with Crippen molar-refractivity contribution < 1.29 is 14.6 Å². The van der Waals surface area contributed by atoms with Crippen LogP contribution in [0.25, 0.3) is 0 Å². The maximum atomic E-state index is 11.5. The van der Waals surface area contributed by atoms with Crippen LogP contribution < -0.4 is 0 Å². The lowest BCUT2D eigenvalue weighted by molar-refractivity contribution is -0.145. The van der Waals surface area contributed by atoms with Gasteiger partial charge in [0.25, 0.3) is 0 Å². The molecule has 1 aromatic carbocycles. The summed E-state index contributed by atoms with van der Waals surface area (Å²) in [6.07, 6.45) is 2.60. The molecule has 116 valence electrons. The van der Waals surface area contributed by atoms with Crippen LogP contribution in [0, 0.1) is 5.92 Å². The molecule has 4 nitrogen and oxygen atoms in total. The SMILES string of the molecule is COCCN(C)C1CC(c2ccccc2)CCC1C(=O)O. The molecule has 1 saturated carbocycles. The van der Waals surface area contributed by atoms with E-state index in [9.17, 15) is 9.90 Å². The molecule has 1 aromatic rings. The third kappa shape index (κ3) is 4.05. The van der Waals surface area contributed by atoms with Crippen LogP contribution in [0.5, 0.6) is 0 Å². The standard InChI is InChI=1S/C17H25NO3/c1-18(10-11-21-2)16-12-14(8-9-15(16)17(19)20)13-6-4-3-5-7-13/h3-7,14-16H,8-12H2,1-2H3,(H,19,20). The molecule has 1 aliphatic carbocycles. The van der Waals surface area contributed by atoms with Gasteiger partial charge in [0, 0.05) is 19.7 Å². The van der Waals surface area contributed by atoms with Gasteiger partial charge in [-0.15, -0.1) is 0 Å². The molecular formula is C17H25NO3. The number of methoxy groups -OCH3 is 1. The van der Waals surface area contributed by atoms with E-state index >= 15 is 0 Å². The van der Waals surface area contributed by atoms with Crippen LogP contribution in [0.1, 0.15) is 30.7 Å². The summed E-state index contributed by atoms with van der Waals surface area (Å²) in [6.45, 7) is 1.40. The fraction of sp³-hybridized carbons (Fsp3) is 0.588. The lowest BCUT2D eigenvalue weighted by atomic mass is 9.75. The monoisotopic (exact) mass is 291 g/mol. The molecule has 0 amide bonds. The number of rotatable bonds is 6. The summed E-state index contributed by atoms with van der Waals surface area (Å²) in [5.74, 6) is -0.487. The summed E-state index contributed by atoms with van der Waals surface area (Å²) in [5, 5.41) is 9.48. The minimum absolute atomic E-state index is 0.0802. The zero-order valence-corrected chi connectivity index (χ0v) is 12.9. The van der Waals surface area contributed by atoms with Crippen molar-refractivity contribution in [1.82, 2.24) is 4.90 Å². The molecular weight excluding hydrogens is 266 g/mol. The molecule has 0 spiro atoms. The number of carbonyl (C=O) groups is 1. The Morgan fingerprint density at radius 3 is 2.67 bits per heavy atom. The molecule has 0 heterocycles. The summed E-state index contributed by atoms with van der Waals surface area (Å²) >= 11 is 0. The maximum Gasteiger partial charge on any atom is 0.308 e. The zero-order chi connectivity index (χ0) is 15.2. The Morgan fingerprint density at radius 1 is 1.33 bits per heavy atom. The van der Waals surface area contributed by atoms with Gasteiger partial charge in [-0.3, -0.25) is 4.79 Å². The van der Waals surface area contributed by atoms with Gasteiger partial charge < -0.3 is 14.7 Å². The van der Waals surface area contributed by atoms with Gasteiger partial charge in [-0.1, -0.05) is 30.3 Å². The van der Waals surface area contributed by atoms with Gasteiger partial charge in [-0.05, 0) is 37.8 Å². The first kappa shape index (κ1) is 16.0. The van der Waals surface area contributed by atoms with Crippen molar-refractivity contribution in [3.05, 3.63) is 35.9 Å². The lowest BCUT2D eigenvalue weighted by Crippen LogP contribution is -2.46. The van der Waals surface area contributed by atoms with Gasteiger partial charge in [0.1, 0.15) is 0 Å². The molecule has 0 aliphatic heterocycles. The van der Waals surface area contributed by atoms with E-state index in [0.29, 0.717) is 12.5 Å². The molecule has 0 aromatic heterocycles. The van der Waals surface area contributed by atoms with Crippen LogP contribution in [-0.4, -0.2) is 49.3 Å². The number of benzene rings is 1. The zero-order valence-electron chi connectivity index (χ0n) is 12.9. The molecule has 2 rings (SSSR count). The Kier molecular flexibility index (Phi) is 5.76. The van der Waals surface area contributed by atoms with Crippen molar-refractivity contribution in [3.63, 3.8) is 0 Å². The van der Waals surface area contributed by atoms with Crippen LogP contribution in [0.2, 0.25) is 0 Å². The smallest absolute Gasteiger partial charge is 0.308 e. The Morgan fingerprint density at radius 2 is 2.05 bits per heavy atom. The molecule has 1 N–H and O–H groups in total. The summed E-state index contributed by atoms with van der Waals surface area (Å²) in [7, 11) is 3.68. The number of carboxylic acids is 1. The second-order valence-corrected chi connectivity index (χ2v) is 5.91. The van der Waals surface area contributed by atoms with Crippen LogP contribution in [0.3, 0.4) is 0 Å².